The Morgan fingerprint density at radius 1 is 1.52 bits per heavy atom. The third kappa shape index (κ3) is 4.66. The number of benzene rings is 1. The van der Waals surface area contributed by atoms with E-state index in [0.717, 1.165) is 18.2 Å². The van der Waals surface area contributed by atoms with Gasteiger partial charge in [0.05, 0.1) is 15.7 Å². The molecule has 0 bridgehead atoms. The minimum atomic E-state index is -3.96. The molecule has 0 saturated heterocycles. The van der Waals surface area contributed by atoms with Crippen LogP contribution >= 0.6 is 11.6 Å². The lowest BCUT2D eigenvalue weighted by Crippen LogP contribution is -2.27. The molecule has 0 heterocycles. The number of carboxylic acid groups (broad SMARTS) is 1. The first kappa shape index (κ1) is 17.3. The Kier molecular flexibility index (Phi) is 5.64. The first-order valence-corrected chi connectivity index (χ1v) is 7.67. The van der Waals surface area contributed by atoms with Crippen LogP contribution in [-0.2, 0) is 14.8 Å². The highest BCUT2D eigenvalue weighted by molar-refractivity contribution is 7.89. The lowest BCUT2D eigenvalue weighted by Gasteiger charge is -2.09. The highest BCUT2D eigenvalue weighted by atomic mass is 35.5. The molecular formula is C11H13ClN2O6S. The third-order valence-electron chi connectivity index (χ3n) is 2.72. The summed E-state index contributed by atoms with van der Waals surface area (Å²) in [6.45, 7) is 1.36. The second-order valence-corrected chi connectivity index (χ2v) is 6.47. The quantitative estimate of drug-likeness (QED) is 0.575. The number of nitrogens with one attached hydrogen (secondary N) is 1. The van der Waals surface area contributed by atoms with Crippen molar-refractivity contribution in [2.24, 2.45) is 5.92 Å². The van der Waals surface area contributed by atoms with Crippen molar-refractivity contribution in [2.45, 2.75) is 18.2 Å². The van der Waals surface area contributed by atoms with Crippen LogP contribution in [0.2, 0.25) is 5.02 Å². The van der Waals surface area contributed by atoms with Crippen LogP contribution in [0, 0.1) is 16.0 Å². The number of aliphatic carboxylic acids is 1. The molecule has 0 aromatic heterocycles. The number of sulfonamides is 1. The number of nitrogens with zero attached hydrogens (tertiary/aromatic N) is 1. The molecule has 0 aliphatic heterocycles. The van der Waals surface area contributed by atoms with Crippen LogP contribution < -0.4 is 4.72 Å². The number of halogens is 1. The summed E-state index contributed by atoms with van der Waals surface area (Å²) in [7, 11) is -3.96. The maximum absolute atomic E-state index is 11.9. The normalized spacial score (nSPS) is 12.9. The molecule has 1 unspecified atom stereocenters. The van der Waals surface area contributed by atoms with Gasteiger partial charge in [-0.05, 0) is 18.6 Å². The molecule has 0 amide bonds. The van der Waals surface area contributed by atoms with Crippen LogP contribution in [0.4, 0.5) is 5.69 Å². The molecule has 1 aromatic rings. The highest BCUT2D eigenvalue weighted by Crippen LogP contribution is 2.26. The zero-order valence-corrected chi connectivity index (χ0v) is 12.5. The minimum absolute atomic E-state index is 0.0910. The number of hydrogen-bond donors (Lipinski definition) is 2. The molecule has 0 saturated carbocycles. The van der Waals surface area contributed by atoms with Crippen molar-refractivity contribution in [1.82, 2.24) is 4.72 Å². The van der Waals surface area contributed by atoms with Gasteiger partial charge in [-0.15, -0.1) is 0 Å². The smallest absolute Gasteiger partial charge is 0.306 e. The molecule has 8 nitrogen and oxygen atoms in total. The number of carboxylic acids is 1. The topological polar surface area (TPSA) is 127 Å². The molecule has 116 valence electrons. The standard InChI is InChI=1S/C11H13ClN2O6S/c1-7(11(15)16)4-5-13-21(19,20)8-2-3-9(12)10(6-8)14(17)18/h2-3,6-7,13H,4-5H2,1H3,(H,15,16). The van der Waals surface area contributed by atoms with Gasteiger partial charge in [-0.3, -0.25) is 14.9 Å². The summed E-state index contributed by atoms with van der Waals surface area (Å²) >= 11 is 5.60. The molecule has 0 fully saturated rings. The fourth-order valence-corrected chi connectivity index (χ4v) is 2.67. The molecular weight excluding hydrogens is 324 g/mol. The van der Waals surface area contributed by atoms with Crippen molar-refractivity contribution in [3.8, 4) is 0 Å². The lowest BCUT2D eigenvalue weighted by molar-refractivity contribution is -0.384. The van der Waals surface area contributed by atoms with Gasteiger partial charge in [0.1, 0.15) is 5.02 Å². The van der Waals surface area contributed by atoms with Crippen molar-refractivity contribution in [1.29, 1.82) is 0 Å². The number of rotatable bonds is 7. The van der Waals surface area contributed by atoms with Crippen LogP contribution in [0.25, 0.3) is 0 Å². The number of hydrogen-bond acceptors (Lipinski definition) is 5. The zero-order chi connectivity index (χ0) is 16.2. The van der Waals surface area contributed by atoms with E-state index < -0.39 is 32.5 Å². The van der Waals surface area contributed by atoms with E-state index in [9.17, 15) is 23.3 Å². The minimum Gasteiger partial charge on any atom is -0.481 e. The van der Waals surface area contributed by atoms with Crippen LogP contribution in [0.1, 0.15) is 13.3 Å². The predicted octanol–water partition coefficient (Wildman–Crippen LogP) is 1.64. The zero-order valence-electron chi connectivity index (χ0n) is 10.9. The van der Waals surface area contributed by atoms with Crippen LogP contribution in [0.5, 0.6) is 0 Å². The highest BCUT2D eigenvalue weighted by Gasteiger charge is 2.21. The summed E-state index contributed by atoms with van der Waals surface area (Å²) in [5, 5.41) is 19.2. The second-order valence-electron chi connectivity index (χ2n) is 4.30. The third-order valence-corrected chi connectivity index (χ3v) is 4.49. The summed E-state index contributed by atoms with van der Waals surface area (Å²) in [6.07, 6.45) is 0.101. The molecule has 0 aliphatic rings. The molecule has 21 heavy (non-hydrogen) atoms. The number of nitro groups is 1. The van der Waals surface area contributed by atoms with Gasteiger partial charge in [-0.25, -0.2) is 13.1 Å². The Morgan fingerprint density at radius 2 is 2.14 bits per heavy atom. The Labute approximate surface area is 125 Å². The van der Waals surface area contributed by atoms with Crippen molar-refractivity contribution < 1.29 is 23.2 Å². The number of carbonyl (C=O) groups is 1. The fraction of sp³-hybridized carbons (Fsp3) is 0.364. The van der Waals surface area contributed by atoms with Gasteiger partial charge in [-0.2, -0.15) is 0 Å². The largest absolute Gasteiger partial charge is 0.481 e. The van der Waals surface area contributed by atoms with E-state index in [0.29, 0.717) is 0 Å². The summed E-state index contributed by atoms with van der Waals surface area (Å²) in [5.74, 6) is -1.73. The summed E-state index contributed by atoms with van der Waals surface area (Å²) in [6, 6.07) is 3.11. The van der Waals surface area contributed by atoms with Gasteiger partial charge in [0, 0.05) is 12.6 Å². The summed E-state index contributed by atoms with van der Waals surface area (Å²) in [5.41, 5.74) is -0.515. The Balaban J connectivity index is 2.86. The SMILES string of the molecule is CC(CCNS(=O)(=O)c1ccc(Cl)c([N+](=O)[O-])c1)C(=O)O. The first-order chi connectivity index (χ1) is 9.65. The van der Waals surface area contributed by atoms with Crippen molar-refractivity contribution in [2.75, 3.05) is 6.54 Å². The van der Waals surface area contributed by atoms with E-state index >= 15 is 0 Å². The van der Waals surface area contributed by atoms with Gasteiger partial charge in [0.15, 0.2) is 0 Å². The summed E-state index contributed by atoms with van der Waals surface area (Å²) in [4.78, 5) is 20.2. The monoisotopic (exact) mass is 336 g/mol. The van der Waals surface area contributed by atoms with Gasteiger partial charge in [-0.1, -0.05) is 18.5 Å². The molecule has 10 heteroatoms. The Bertz CT molecular complexity index is 661. The molecule has 0 radical (unpaired) electrons. The maximum atomic E-state index is 11.9. The Hall–Kier alpha value is -1.71. The van der Waals surface area contributed by atoms with Crippen LogP contribution in [-0.4, -0.2) is 31.0 Å². The predicted molar refractivity (Wildman–Crippen MR) is 74.7 cm³/mol. The van der Waals surface area contributed by atoms with E-state index in [1.165, 1.54) is 6.92 Å². The maximum Gasteiger partial charge on any atom is 0.306 e. The average molecular weight is 337 g/mol. The van der Waals surface area contributed by atoms with Crippen LogP contribution in [0.15, 0.2) is 23.1 Å². The van der Waals surface area contributed by atoms with Crippen molar-refractivity contribution >= 4 is 33.3 Å². The van der Waals surface area contributed by atoms with E-state index in [-0.39, 0.29) is 22.9 Å². The lowest BCUT2D eigenvalue weighted by atomic mass is 10.1. The molecule has 1 rings (SSSR count). The summed E-state index contributed by atoms with van der Waals surface area (Å²) < 4.78 is 26.1. The second kappa shape index (κ2) is 6.83. The molecule has 1 aromatic carbocycles. The van der Waals surface area contributed by atoms with Crippen molar-refractivity contribution in [3.05, 3.63) is 33.3 Å². The van der Waals surface area contributed by atoms with Crippen molar-refractivity contribution in [3.63, 3.8) is 0 Å². The van der Waals surface area contributed by atoms with Crippen LogP contribution in [0.3, 0.4) is 0 Å². The Morgan fingerprint density at radius 3 is 2.67 bits per heavy atom. The number of nitro benzene ring substituents is 1. The first-order valence-electron chi connectivity index (χ1n) is 5.81. The van der Waals surface area contributed by atoms with E-state index in [4.69, 9.17) is 16.7 Å². The average Bonchev–Trinajstić information content (AvgIpc) is 2.38. The molecule has 2 N–H and O–H groups in total. The van der Waals surface area contributed by atoms with Gasteiger partial charge < -0.3 is 5.11 Å². The fourth-order valence-electron chi connectivity index (χ4n) is 1.42. The molecule has 0 aliphatic carbocycles. The van der Waals surface area contributed by atoms with E-state index in [1.54, 1.807) is 0 Å². The van der Waals surface area contributed by atoms with E-state index in [2.05, 4.69) is 4.72 Å². The molecule has 0 spiro atoms. The molecule has 1 atom stereocenters. The van der Waals surface area contributed by atoms with Gasteiger partial charge in [0.2, 0.25) is 10.0 Å². The van der Waals surface area contributed by atoms with Gasteiger partial charge in [0.25, 0.3) is 5.69 Å². The van der Waals surface area contributed by atoms with E-state index in [1.807, 2.05) is 0 Å². The van der Waals surface area contributed by atoms with Gasteiger partial charge >= 0.3 is 5.97 Å².